The lowest BCUT2D eigenvalue weighted by Gasteiger charge is -2.26. The second kappa shape index (κ2) is 7.26. The third-order valence-corrected chi connectivity index (χ3v) is 4.45. The first-order chi connectivity index (χ1) is 10.5. The van der Waals surface area contributed by atoms with E-state index < -0.39 is 0 Å². The lowest BCUT2D eigenvalue weighted by atomic mass is 9.79. The third kappa shape index (κ3) is 3.56. The largest absolute Gasteiger partial charge is 0.384 e. The molecule has 0 fully saturated rings. The van der Waals surface area contributed by atoms with Gasteiger partial charge in [0.2, 0.25) is 0 Å². The van der Waals surface area contributed by atoms with Crippen molar-refractivity contribution >= 4 is 5.82 Å². The molecule has 22 heavy (non-hydrogen) atoms. The SMILES string of the molecule is C=C(C(C)c1ccc(N)nc1)C(CCC)c1ccccc1C. The molecule has 0 spiro atoms. The molecule has 0 aliphatic carbocycles. The molecule has 0 saturated carbocycles. The average Bonchev–Trinajstić information content (AvgIpc) is 2.53. The van der Waals surface area contributed by atoms with E-state index in [1.807, 2.05) is 12.3 Å². The minimum Gasteiger partial charge on any atom is -0.384 e. The summed E-state index contributed by atoms with van der Waals surface area (Å²) in [6.45, 7) is 11.0. The van der Waals surface area contributed by atoms with Crippen LogP contribution in [0.3, 0.4) is 0 Å². The second-order valence-corrected chi connectivity index (χ2v) is 6.01. The number of hydrogen-bond donors (Lipinski definition) is 1. The standard InChI is InChI=1S/C20H26N2/c1-5-8-19(18-10-7-6-9-14(18)2)16(4)15(3)17-11-12-20(21)22-13-17/h6-7,9-13,15,19H,4-5,8H2,1-3H3,(H2,21,22). The molecule has 2 rings (SSSR count). The lowest BCUT2D eigenvalue weighted by Crippen LogP contribution is -2.10. The topological polar surface area (TPSA) is 38.9 Å². The van der Waals surface area contributed by atoms with Crippen LogP contribution < -0.4 is 5.73 Å². The van der Waals surface area contributed by atoms with Gasteiger partial charge in [0.15, 0.2) is 0 Å². The van der Waals surface area contributed by atoms with E-state index in [9.17, 15) is 0 Å². The summed E-state index contributed by atoms with van der Waals surface area (Å²) < 4.78 is 0. The molecule has 1 aromatic heterocycles. The summed E-state index contributed by atoms with van der Waals surface area (Å²) in [5.41, 5.74) is 10.8. The fourth-order valence-corrected chi connectivity index (χ4v) is 3.00. The normalized spacial score (nSPS) is 13.6. The predicted molar refractivity (Wildman–Crippen MR) is 95.0 cm³/mol. The summed E-state index contributed by atoms with van der Waals surface area (Å²) in [7, 11) is 0. The van der Waals surface area contributed by atoms with Crippen LogP contribution in [0.5, 0.6) is 0 Å². The number of anilines is 1. The summed E-state index contributed by atoms with van der Waals surface area (Å²) in [6.07, 6.45) is 4.13. The summed E-state index contributed by atoms with van der Waals surface area (Å²) >= 11 is 0. The second-order valence-electron chi connectivity index (χ2n) is 6.01. The van der Waals surface area contributed by atoms with Crippen LogP contribution in [-0.2, 0) is 0 Å². The molecular formula is C20H26N2. The van der Waals surface area contributed by atoms with Crippen molar-refractivity contribution in [3.63, 3.8) is 0 Å². The molecule has 116 valence electrons. The van der Waals surface area contributed by atoms with Crippen molar-refractivity contribution in [3.05, 3.63) is 71.4 Å². The molecule has 2 unspecified atom stereocenters. The highest BCUT2D eigenvalue weighted by molar-refractivity contribution is 5.40. The van der Waals surface area contributed by atoms with E-state index in [4.69, 9.17) is 5.73 Å². The van der Waals surface area contributed by atoms with Crippen molar-refractivity contribution in [2.75, 3.05) is 5.73 Å². The van der Waals surface area contributed by atoms with Crippen molar-refractivity contribution in [2.45, 2.75) is 45.4 Å². The Morgan fingerprint density at radius 2 is 1.95 bits per heavy atom. The van der Waals surface area contributed by atoms with Gasteiger partial charge in [0, 0.05) is 18.0 Å². The zero-order valence-corrected chi connectivity index (χ0v) is 13.8. The molecule has 0 amide bonds. The number of aromatic nitrogens is 1. The smallest absolute Gasteiger partial charge is 0.123 e. The van der Waals surface area contributed by atoms with Crippen molar-refractivity contribution in [2.24, 2.45) is 0 Å². The van der Waals surface area contributed by atoms with Gasteiger partial charge in [-0.05, 0) is 36.1 Å². The molecule has 0 radical (unpaired) electrons. The Balaban J connectivity index is 2.30. The Hall–Kier alpha value is -2.09. The number of rotatable bonds is 6. The van der Waals surface area contributed by atoms with Gasteiger partial charge in [-0.15, -0.1) is 0 Å². The molecule has 2 heteroatoms. The molecule has 2 atom stereocenters. The van der Waals surface area contributed by atoms with Crippen LogP contribution >= 0.6 is 0 Å². The number of benzene rings is 1. The number of hydrogen-bond acceptors (Lipinski definition) is 2. The highest BCUT2D eigenvalue weighted by Gasteiger charge is 2.21. The van der Waals surface area contributed by atoms with Gasteiger partial charge in [0.05, 0.1) is 0 Å². The van der Waals surface area contributed by atoms with Crippen molar-refractivity contribution in [1.29, 1.82) is 0 Å². The molecule has 0 aliphatic heterocycles. The summed E-state index contributed by atoms with van der Waals surface area (Å²) in [5, 5.41) is 0. The Bertz CT molecular complexity index is 628. The third-order valence-electron chi connectivity index (χ3n) is 4.45. The highest BCUT2D eigenvalue weighted by atomic mass is 14.8. The van der Waals surface area contributed by atoms with Crippen LogP contribution in [0, 0.1) is 6.92 Å². The number of nitrogen functional groups attached to an aromatic ring is 1. The fourth-order valence-electron chi connectivity index (χ4n) is 3.00. The maximum Gasteiger partial charge on any atom is 0.123 e. The predicted octanol–water partition coefficient (Wildman–Crippen LogP) is 5.22. The maximum absolute atomic E-state index is 5.69. The first kappa shape index (κ1) is 16.3. The molecular weight excluding hydrogens is 268 g/mol. The van der Waals surface area contributed by atoms with E-state index in [0.717, 1.165) is 12.8 Å². The van der Waals surface area contributed by atoms with Gasteiger partial charge in [-0.25, -0.2) is 4.98 Å². The van der Waals surface area contributed by atoms with Crippen LogP contribution in [0.15, 0.2) is 54.7 Å². The monoisotopic (exact) mass is 294 g/mol. The molecule has 1 aromatic carbocycles. The van der Waals surface area contributed by atoms with E-state index in [0.29, 0.717) is 11.7 Å². The minimum absolute atomic E-state index is 0.268. The molecule has 0 saturated heterocycles. The zero-order valence-electron chi connectivity index (χ0n) is 13.8. The van der Waals surface area contributed by atoms with Gasteiger partial charge in [-0.3, -0.25) is 0 Å². The fraction of sp³-hybridized carbons (Fsp3) is 0.350. The summed E-state index contributed by atoms with van der Waals surface area (Å²) in [6, 6.07) is 12.5. The molecule has 2 N–H and O–H groups in total. The first-order valence-electron chi connectivity index (χ1n) is 8.00. The van der Waals surface area contributed by atoms with Crippen molar-refractivity contribution in [3.8, 4) is 0 Å². The molecule has 0 aliphatic rings. The quantitative estimate of drug-likeness (QED) is 0.742. The summed E-state index contributed by atoms with van der Waals surface area (Å²) in [4.78, 5) is 4.21. The van der Waals surface area contributed by atoms with E-state index in [1.165, 1.54) is 22.3 Å². The van der Waals surface area contributed by atoms with Gasteiger partial charge in [-0.2, -0.15) is 0 Å². The van der Waals surface area contributed by atoms with Gasteiger partial charge in [-0.1, -0.05) is 62.8 Å². The van der Waals surface area contributed by atoms with Crippen LogP contribution in [0.1, 0.15) is 55.2 Å². The maximum atomic E-state index is 5.69. The van der Waals surface area contributed by atoms with Crippen molar-refractivity contribution in [1.82, 2.24) is 4.98 Å². The van der Waals surface area contributed by atoms with Crippen molar-refractivity contribution < 1.29 is 0 Å². The van der Waals surface area contributed by atoms with E-state index in [1.54, 1.807) is 0 Å². The lowest BCUT2D eigenvalue weighted by molar-refractivity contribution is 0.640. The van der Waals surface area contributed by atoms with Crippen LogP contribution in [0.2, 0.25) is 0 Å². The molecule has 2 aromatic rings. The molecule has 1 heterocycles. The van der Waals surface area contributed by atoms with E-state index in [-0.39, 0.29) is 5.92 Å². The summed E-state index contributed by atoms with van der Waals surface area (Å²) in [5.74, 6) is 1.22. The Labute approximate surface area is 134 Å². The van der Waals surface area contributed by atoms with E-state index >= 15 is 0 Å². The van der Waals surface area contributed by atoms with E-state index in [2.05, 4.69) is 62.7 Å². The van der Waals surface area contributed by atoms with Gasteiger partial charge < -0.3 is 5.73 Å². The number of allylic oxidation sites excluding steroid dienone is 1. The zero-order chi connectivity index (χ0) is 16.1. The number of aryl methyl sites for hydroxylation is 1. The van der Waals surface area contributed by atoms with Crippen LogP contribution in [0.4, 0.5) is 5.82 Å². The first-order valence-corrected chi connectivity index (χ1v) is 8.00. The Morgan fingerprint density at radius 3 is 2.55 bits per heavy atom. The molecule has 2 nitrogen and oxygen atoms in total. The Kier molecular flexibility index (Phi) is 5.37. The average molecular weight is 294 g/mol. The van der Waals surface area contributed by atoms with Gasteiger partial charge >= 0.3 is 0 Å². The van der Waals surface area contributed by atoms with Gasteiger partial charge in [0.25, 0.3) is 0 Å². The number of pyridine rings is 1. The van der Waals surface area contributed by atoms with Crippen LogP contribution in [-0.4, -0.2) is 4.98 Å². The van der Waals surface area contributed by atoms with Crippen LogP contribution in [0.25, 0.3) is 0 Å². The highest BCUT2D eigenvalue weighted by Crippen LogP contribution is 2.38. The Morgan fingerprint density at radius 1 is 1.23 bits per heavy atom. The molecule has 0 bridgehead atoms. The van der Waals surface area contributed by atoms with Gasteiger partial charge in [0.1, 0.15) is 5.82 Å². The minimum atomic E-state index is 0.268. The number of nitrogens with zero attached hydrogens (tertiary/aromatic N) is 1. The number of nitrogens with two attached hydrogens (primary N) is 1.